The summed E-state index contributed by atoms with van der Waals surface area (Å²) in [6.45, 7) is 6.65. The molecule has 0 aromatic rings. The molecule has 0 bridgehead atoms. The average Bonchev–Trinajstić information content (AvgIpc) is 3.10. The van der Waals surface area contributed by atoms with E-state index in [1.165, 1.54) is 38.5 Å². The summed E-state index contributed by atoms with van der Waals surface area (Å²) in [6.07, 6.45) is 7.67. The Kier molecular flexibility index (Phi) is 3.68. The van der Waals surface area contributed by atoms with Crippen molar-refractivity contribution in [1.82, 2.24) is 5.32 Å². The van der Waals surface area contributed by atoms with E-state index in [1.54, 1.807) is 0 Å². The summed E-state index contributed by atoms with van der Waals surface area (Å²) in [6, 6.07) is 0.708. The van der Waals surface area contributed by atoms with Gasteiger partial charge in [-0.1, -0.05) is 13.8 Å². The lowest BCUT2D eigenvalue weighted by Crippen LogP contribution is -2.48. The molecule has 88 valence electrons. The molecule has 2 aliphatic rings. The third kappa shape index (κ3) is 2.54. The summed E-state index contributed by atoms with van der Waals surface area (Å²) in [5, 5.41) is 3.66. The van der Waals surface area contributed by atoms with Gasteiger partial charge in [0.05, 0.1) is 5.60 Å². The Morgan fingerprint density at radius 3 is 2.67 bits per heavy atom. The first-order valence-corrected chi connectivity index (χ1v) is 6.68. The molecule has 0 aromatic heterocycles. The topological polar surface area (TPSA) is 21.3 Å². The molecule has 2 atom stereocenters. The Labute approximate surface area is 93.8 Å². The molecule has 2 nitrogen and oxygen atoms in total. The summed E-state index contributed by atoms with van der Waals surface area (Å²) in [7, 11) is 0. The molecular weight excluding hydrogens is 186 g/mol. The van der Waals surface area contributed by atoms with Crippen LogP contribution in [0.3, 0.4) is 0 Å². The van der Waals surface area contributed by atoms with Crippen LogP contribution in [0.1, 0.15) is 52.4 Å². The Morgan fingerprint density at radius 2 is 2.07 bits per heavy atom. The summed E-state index contributed by atoms with van der Waals surface area (Å²) < 4.78 is 6.11. The molecule has 2 fully saturated rings. The zero-order valence-corrected chi connectivity index (χ0v) is 10.2. The molecule has 0 amide bonds. The van der Waals surface area contributed by atoms with Crippen LogP contribution in [0.5, 0.6) is 0 Å². The Balaban J connectivity index is 1.89. The minimum atomic E-state index is 0.240. The van der Waals surface area contributed by atoms with Crippen molar-refractivity contribution in [2.24, 2.45) is 5.92 Å². The number of nitrogens with one attached hydrogen (secondary N) is 1. The SMILES string of the molecule is CCCNC1CCOC(CC)(C2CC2)C1. The molecule has 1 aliphatic heterocycles. The molecule has 0 radical (unpaired) electrons. The lowest BCUT2D eigenvalue weighted by atomic mass is 9.84. The predicted molar refractivity (Wildman–Crippen MR) is 63.0 cm³/mol. The van der Waals surface area contributed by atoms with Crippen LogP contribution in [-0.4, -0.2) is 24.8 Å². The van der Waals surface area contributed by atoms with Crippen molar-refractivity contribution in [1.29, 1.82) is 0 Å². The quantitative estimate of drug-likeness (QED) is 0.755. The number of ether oxygens (including phenoxy) is 1. The first-order chi connectivity index (χ1) is 7.30. The van der Waals surface area contributed by atoms with Crippen LogP contribution in [-0.2, 0) is 4.74 Å². The van der Waals surface area contributed by atoms with E-state index in [0.717, 1.165) is 19.1 Å². The van der Waals surface area contributed by atoms with Gasteiger partial charge in [-0.15, -0.1) is 0 Å². The van der Waals surface area contributed by atoms with Crippen molar-refractivity contribution in [2.45, 2.75) is 64.0 Å². The van der Waals surface area contributed by atoms with Crippen LogP contribution in [0.15, 0.2) is 0 Å². The molecule has 1 N–H and O–H groups in total. The molecule has 1 heterocycles. The van der Waals surface area contributed by atoms with E-state index in [2.05, 4.69) is 19.2 Å². The summed E-state index contributed by atoms with van der Waals surface area (Å²) >= 11 is 0. The molecule has 1 aliphatic carbocycles. The average molecular weight is 211 g/mol. The second-order valence-electron chi connectivity index (χ2n) is 5.18. The largest absolute Gasteiger partial charge is 0.375 e. The summed E-state index contributed by atoms with van der Waals surface area (Å²) in [5.41, 5.74) is 0.240. The zero-order valence-electron chi connectivity index (χ0n) is 10.2. The summed E-state index contributed by atoms with van der Waals surface area (Å²) in [5.74, 6) is 0.869. The van der Waals surface area contributed by atoms with Gasteiger partial charge in [0, 0.05) is 12.6 Å². The Hall–Kier alpha value is -0.0800. The van der Waals surface area contributed by atoms with Gasteiger partial charge in [0.25, 0.3) is 0 Å². The minimum Gasteiger partial charge on any atom is -0.375 e. The van der Waals surface area contributed by atoms with Gasteiger partial charge in [-0.2, -0.15) is 0 Å². The van der Waals surface area contributed by atoms with Crippen molar-refractivity contribution < 1.29 is 4.74 Å². The maximum absolute atomic E-state index is 6.11. The van der Waals surface area contributed by atoms with Crippen LogP contribution in [0.4, 0.5) is 0 Å². The van der Waals surface area contributed by atoms with Gasteiger partial charge in [0.15, 0.2) is 0 Å². The summed E-state index contributed by atoms with van der Waals surface area (Å²) in [4.78, 5) is 0. The van der Waals surface area contributed by atoms with Gasteiger partial charge in [0.2, 0.25) is 0 Å². The molecule has 1 saturated heterocycles. The van der Waals surface area contributed by atoms with Gasteiger partial charge < -0.3 is 10.1 Å². The molecule has 2 heteroatoms. The van der Waals surface area contributed by atoms with E-state index in [-0.39, 0.29) is 5.60 Å². The second kappa shape index (κ2) is 4.84. The highest BCUT2D eigenvalue weighted by Crippen LogP contribution is 2.48. The Morgan fingerprint density at radius 1 is 1.27 bits per heavy atom. The molecule has 2 unspecified atom stereocenters. The molecule has 0 aromatic carbocycles. The van der Waals surface area contributed by atoms with Gasteiger partial charge in [-0.3, -0.25) is 0 Å². The van der Waals surface area contributed by atoms with Crippen molar-refractivity contribution >= 4 is 0 Å². The first-order valence-electron chi connectivity index (χ1n) is 6.68. The second-order valence-corrected chi connectivity index (χ2v) is 5.18. The van der Waals surface area contributed by atoms with Crippen LogP contribution in [0, 0.1) is 5.92 Å². The van der Waals surface area contributed by atoms with Crippen LogP contribution >= 0.6 is 0 Å². The van der Waals surface area contributed by atoms with Gasteiger partial charge >= 0.3 is 0 Å². The normalized spacial score (nSPS) is 36.8. The molecular formula is C13H25NO. The van der Waals surface area contributed by atoms with E-state index in [4.69, 9.17) is 4.74 Å². The van der Waals surface area contributed by atoms with Gasteiger partial charge in [-0.25, -0.2) is 0 Å². The van der Waals surface area contributed by atoms with E-state index >= 15 is 0 Å². The van der Waals surface area contributed by atoms with Crippen LogP contribution in [0.2, 0.25) is 0 Å². The first kappa shape index (κ1) is 11.4. The van der Waals surface area contributed by atoms with Gasteiger partial charge in [0.1, 0.15) is 0 Å². The molecule has 1 saturated carbocycles. The lowest BCUT2D eigenvalue weighted by Gasteiger charge is -2.41. The Bertz CT molecular complexity index is 203. The zero-order chi connectivity index (χ0) is 10.7. The number of hydrogen-bond acceptors (Lipinski definition) is 2. The standard InChI is InChI=1S/C13H25NO/c1-3-8-14-12-7-9-15-13(4-2,10-12)11-5-6-11/h11-12,14H,3-10H2,1-2H3. The highest BCUT2D eigenvalue weighted by atomic mass is 16.5. The van der Waals surface area contributed by atoms with Crippen molar-refractivity contribution in [2.75, 3.05) is 13.2 Å². The van der Waals surface area contributed by atoms with Crippen LogP contribution < -0.4 is 5.32 Å². The van der Waals surface area contributed by atoms with Crippen LogP contribution in [0.25, 0.3) is 0 Å². The highest BCUT2D eigenvalue weighted by Gasteiger charge is 2.47. The van der Waals surface area contributed by atoms with Crippen molar-refractivity contribution in [3.63, 3.8) is 0 Å². The van der Waals surface area contributed by atoms with Gasteiger partial charge in [-0.05, 0) is 51.0 Å². The number of hydrogen-bond donors (Lipinski definition) is 1. The molecule has 0 spiro atoms. The van der Waals surface area contributed by atoms with E-state index < -0.39 is 0 Å². The minimum absolute atomic E-state index is 0.240. The molecule has 2 rings (SSSR count). The molecule has 15 heavy (non-hydrogen) atoms. The maximum atomic E-state index is 6.11. The highest BCUT2D eigenvalue weighted by molar-refractivity contribution is 4.99. The smallest absolute Gasteiger partial charge is 0.0722 e. The van der Waals surface area contributed by atoms with E-state index in [9.17, 15) is 0 Å². The predicted octanol–water partition coefficient (Wildman–Crippen LogP) is 2.72. The monoisotopic (exact) mass is 211 g/mol. The number of rotatable bonds is 5. The fourth-order valence-electron chi connectivity index (χ4n) is 2.93. The van der Waals surface area contributed by atoms with E-state index in [0.29, 0.717) is 6.04 Å². The lowest BCUT2D eigenvalue weighted by molar-refractivity contribution is -0.105. The van der Waals surface area contributed by atoms with Crippen molar-refractivity contribution in [3.05, 3.63) is 0 Å². The van der Waals surface area contributed by atoms with E-state index in [1.807, 2.05) is 0 Å². The third-order valence-electron chi connectivity index (χ3n) is 4.05. The maximum Gasteiger partial charge on any atom is 0.0722 e. The third-order valence-corrected chi connectivity index (χ3v) is 4.05. The fraction of sp³-hybridized carbons (Fsp3) is 1.00. The van der Waals surface area contributed by atoms with Crippen molar-refractivity contribution in [3.8, 4) is 0 Å². The fourth-order valence-corrected chi connectivity index (χ4v) is 2.93.